The van der Waals surface area contributed by atoms with Crippen LogP contribution in [-0.4, -0.2) is 11.0 Å². The van der Waals surface area contributed by atoms with Crippen LogP contribution < -0.4 is 4.74 Å². The first kappa shape index (κ1) is 17.7. The van der Waals surface area contributed by atoms with Gasteiger partial charge in [0.2, 0.25) is 0 Å². The summed E-state index contributed by atoms with van der Waals surface area (Å²) in [5.41, 5.74) is -4.40. The molecule has 4 rings (SSSR count). The third-order valence-electron chi connectivity index (χ3n) is 5.13. The van der Waals surface area contributed by atoms with Crippen molar-refractivity contribution < 1.29 is 31.8 Å². The van der Waals surface area contributed by atoms with Crippen LogP contribution >= 0.6 is 0 Å². The van der Waals surface area contributed by atoms with E-state index in [-0.39, 0.29) is 35.5 Å². The summed E-state index contributed by atoms with van der Waals surface area (Å²) in [5.74, 6) is -10.0. The predicted octanol–water partition coefficient (Wildman–Crippen LogP) is 4.75. The van der Waals surface area contributed by atoms with Crippen molar-refractivity contribution in [2.75, 3.05) is 0 Å². The second-order valence-electron chi connectivity index (χ2n) is 6.72. The molecule has 140 valence electrons. The Balaban J connectivity index is 1.87. The average molecular weight is 381 g/mol. The molecule has 0 aromatic heterocycles. The van der Waals surface area contributed by atoms with Gasteiger partial charge in [-0.1, -0.05) is 0 Å². The highest BCUT2D eigenvalue weighted by Gasteiger charge is 2.76. The van der Waals surface area contributed by atoms with E-state index in [4.69, 9.17) is 10.00 Å². The molecule has 0 radical (unpaired) electrons. The Kier molecular flexibility index (Phi) is 3.56. The molecule has 2 aromatic rings. The van der Waals surface area contributed by atoms with Crippen molar-refractivity contribution in [3.05, 3.63) is 58.4 Å². The van der Waals surface area contributed by atoms with Crippen LogP contribution in [0.25, 0.3) is 0 Å². The fourth-order valence-electron chi connectivity index (χ4n) is 3.91. The van der Waals surface area contributed by atoms with E-state index in [2.05, 4.69) is 0 Å². The maximum absolute atomic E-state index is 14.4. The van der Waals surface area contributed by atoms with Gasteiger partial charge in [0.25, 0.3) is 0 Å². The zero-order valence-electron chi connectivity index (χ0n) is 13.7. The average Bonchev–Trinajstić information content (AvgIpc) is 2.72. The molecule has 2 aliphatic rings. The molecule has 2 aromatic carbocycles. The summed E-state index contributed by atoms with van der Waals surface area (Å²) in [4.78, 5) is 0. The number of hydrogen-bond acceptors (Lipinski definition) is 3. The van der Waals surface area contributed by atoms with Gasteiger partial charge < -0.3 is 9.84 Å². The molecule has 27 heavy (non-hydrogen) atoms. The minimum absolute atomic E-state index is 0.0191. The molecule has 1 atom stereocenters. The van der Waals surface area contributed by atoms with Crippen molar-refractivity contribution >= 4 is 0 Å². The van der Waals surface area contributed by atoms with Crippen molar-refractivity contribution in [3.8, 4) is 17.6 Å². The van der Waals surface area contributed by atoms with Crippen molar-refractivity contribution in [3.63, 3.8) is 0 Å². The summed E-state index contributed by atoms with van der Waals surface area (Å²) in [6.07, 6.45) is -0.299. The normalized spacial score (nSPS) is 24.2. The molecule has 1 N–H and O–H groups in total. The number of hydrogen-bond donors (Lipinski definition) is 1. The number of aliphatic hydroxyl groups is 1. The Morgan fingerprint density at radius 3 is 2.56 bits per heavy atom. The van der Waals surface area contributed by atoms with Gasteiger partial charge in [-0.25, -0.2) is 4.39 Å². The van der Waals surface area contributed by atoms with Crippen molar-refractivity contribution in [1.82, 2.24) is 0 Å². The van der Waals surface area contributed by atoms with Gasteiger partial charge in [0.1, 0.15) is 17.3 Å². The molecule has 0 heterocycles. The number of rotatable bonds is 2. The molecule has 3 nitrogen and oxygen atoms in total. The van der Waals surface area contributed by atoms with Crippen LogP contribution in [-0.2, 0) is 17.9 Å². The zero-order chi connectivity index (χ0) is 19.6. The monoisotopic (exact) mass is 381 g/mol. The number of alkyl halides is 4. The lowest BCUT2D eigenvalue weighted by molar-refractivity contribution is -0.288. The van der Waals surface area contributed by atoms with Crippen molar-refractivity contribution in [2.24, 2.45) is 0 Å². The van der Waals surface area contributed by atoms with Gasteiger partial charge in [-0.2, -0.15) is 22.8 Å². The molecule has 0 bridgehead atoms. The molecule has 0 saturated heterocycles. The standard InChI is InChI=1S/C19H12F5NO2/c20-11-6-10(9-25)7-12(8-11)27-15-4-3-14-16-13(15)2-1-5-17(16,26)19(23,24)18(14,21)22/h3-4,6-8,26H,1-2,5H2/t17-/m1/s1. The summed E-state index contributed by atoms with van der Waals surface area (Å²) >= 11 is 0. The van der Waals surface area contributed by atoms with E-state index in [1.54, 1.807) is 6.07 Å². The highest BCUT2D eigenvalue weighted by Crippen LogP contribution is 2.64. The largest absolute Gasteiger partial charge is 0.457 e. The number of benzene rings is 2. The molecule has 8 heteroatoms. The highest BCUT2D eigenvalue weighted by molar-refractivity contribution is 5.57. The number of nitrogens with zero attached hydrogens (tertiary/aromatic N) is 1. The van der Waals surface area contributed by atoms with E-state index < -0.39 is 40.8 Å². The van der Waals surface area contributed by atoms with E-state index in [0.717, 1.165) is 24.3 Å². The van der Waals surface area contributed by atoms with E-state index in [1.165, 1.54) is 6.07 Å². The smallest absolute Gasteiger partial charge is 0.346 e. The molecular formula is C19H12F5NO2. The maximum atomic E-state index is 14.4. The lowest BCUT2D eigenvalue weighted by Gasteiger charge is -2.36. The number of nitriles is 1. The van der Waals surface area contributed by atoms with Gasteiger partial charge in [0.15, 0.2) is 5.60 Å². The van der Waals surface area contributed by atoms with Gasteiger partial charge >= 0.3 is 11.8 Å². The molecule has 0 spiro atoms. The Hall–Kier alpha value is -2.66. The first-order chi connectivity index (χ1) is 12.6. The summed E-state index contributed by atoms with van der Waals surface area (Å²) in [6.45, 7) is 0. The van der Waals surface area contributed by atoms with Crippen molar-refractivity contribution in [2.45, 2.75) is 36.7 Å². The van der Waals surface area contributed by atoms with Crippen LogP contribution in [0.1, 0.15) is 35.1 Å². The fourth-order valence-corrected chi connectivity index (χ4v) is 3.91. The van der Waals surface area contributed by atoms with Crippen LogP contribution in [0.5, 0.6) is 11.5 Å². The van der Waals surface area contributed by atoms with E-state index in [1.807, 2.05) is 0 Å². The summed E-state index contributed by atoms with van der Waals surface area (Å²) in [7, 11) is 0. The van der Waals surface area contributed by atoms with Crippen LogP contribution in [0.15, 0.2) is 30.3 Å². The van der Waals surface area contributed by atoms with Gasteiger partial charge in [-0.05, 0) is 43.5 Å². The summed E-state index contributed by atoms with van der Waals surface area (Å²) < 4.78 is 76.4. The molecule has 2 aliphatic carbocycles. The van der Waals surface area contributed by atoms with Crippen LogP contribution in [0.4, 0.5) is 22.0 Å². The topological polar surface area (TPSA) is 53.2 Å². The van der Waals surface area contributed by atoms with Gasteiger partial charge in [0, 0.05) is 22.8 Å². The number of ether oxygens (including phenoxy) is 1. The Morgan fingerprint density at radius 1 is 1.11 bits per heavy atom. The number of halogens is 5. The van der Waals surface area contributed by atoms with Gasteiger partial charge in [0.05, 0.1) is 11.6 Å². The fraction of sp³-hybridized carbons (Fsp3) is 0.316. The second-order valence-corrected chi connectivity index (χ2v) is 6.72. The second kappa shape index (κ2) is 5.42. The van der Waals surface area contributed by atoms with E-state index in [9.17, 15) is 27.1 Å². The Morgan fingerprint density at radius 2 is 1.85 bits per heavy atom. The molecule has 0 saturated carbocycles. The first-order valence-corrected chi connectivity index (χ1v) is 8.15. The van der Waals surface area contributed by atoms with Crippen LogP contribution in [0.2, 0.25) is 0 Å². The molecule has 0 fully saturated rings. The lowest BCUT2D eigenvalue weighted by Crippen LogP contribution is -2.49. The SMILES string of the molecule is N#Cc1cc(F)cc(Oc2ccc3c4c2CCC[C@]4(O)C(F)(F)C3(F)F)c1. The van der Waals surface area contributed by atoms with E-state index >= 15 is 0 Å². The van der Waals surface area contributed by atoms with Crippen molar-refractivity contribution in [1.29, 1.82) is 5.26 Å². The Labute approximate surface area is 150 Å². The highest BCUT2D eigenvalue weighted by atomic mass is 19.3. The molecular weight excluding hydrogens is 369 g/mol. The maximum Gasteiger partial charge on any atom is 0.346 e. The predicted molar refractivity (Wildman–Crippen MR) is 83.3 cm³/mol. The zero-order valence-corrected chi connectivity index (χ0v) is 13.7. The third kappa shape index (κ3) is 2.21. The Bertz CT molecular complexity index is 998. The lowest BCUT2D eigenvalue weighted by atomic mass is 9.78. The molecule has 0 aliphatic heterocycles. The minimum atomic E-state index is -4.65. The third-order valence-corrected chi connectivity index (χ3v) is 5.13. The quantitative estimate of drug-likeness (QED) is 0.764. The van der Waals surface area contributed by atoms with Gasteiger partial charge in [-0.3, -0.25) is 0 Å². The summed E-state index contributed by atoms with van der Waals surface area (Å²) in [5, 5.41) is 19.4. The van der Waals surface area contributed by atoms with Crippen LogP contribution in [0.3, 0.4) is 0 Å². The van der Waals surface area contributed by atoms with Crippen LogP contribution in [0, 0.1) is 17.1 Å². The first-order valence-electron chi connectivity index (χ1n) is 8.15. The summed E-state index contributed by atoms with van der Waals surface area (Å²) in [6, 6.07) is 6.86. The van der Waals surface area contributed by atoms with Gasteiger partial charge in [-0.15, -0.1) is 0 Å². The minimum Gasteiger partial charge on any atom is -0.457 e. The van der Waals surface area contributed by atoms with E-state index in [0.29, 0.717) is 0 Å². The molecule has 0 unspecified atom stereocenters. The molecule has 0 amide bonds.